The van der Waals surface area contributed by atoms with Crippen LogP contribution in [0.4, 0.5) is 13.2 Å². The minimum atomic E-state index is -4.39. The Kier molecular flexibility index (Phi) is 10.0. The van der Waals surface area contributed by atoms with Gasteiger partial charge in [0.05, 0.1) is 6.54 Å². The molecular formula is C15H25F3IN5S. The molecule has 144 valence electrons. The molecule has 1 aliphatic rings. The summed E-state index contributed by atoms with van der Waals surface area (Å²) in [4.78, 5) is 10.3. The topological polar surface area (TPSA) is 52.6 Å². The van der Waals surface area contributed by atoms with Gasteiger partial charge in [0.2, 0.25) is 0 Å². The van der Waals surface area contributed by atoms with Gasteiger partial charge in [-0.25, -0.2) is 9.98 Å². The van der Waals surface area contributed by atoms with Gasteiger partial charge in [-0.1, -0.05) is 0 Å². The molecule has 2 rings (SSSR count). The highest BCUT2D eigenvalue weighted by Crippen LogP contribution is 2.30. The summed E-state index contributed by atoms with van der Waals surface area (Å²) in [5.41, 5.74) is -0.846. The van der Waals surface area contributed by atoms with E-state index in [-0.39, 0.29) is 30.5 Å². The number of alkyl halides is 3. The molecule has 2 heterocycles. The van der Waals surface area contributed by atoms with E-state index in [1.165, 1.54) is 25.9 Å². The molecule has 1 aromatic heterocycles. The van der Waals surface area contributed by atoms with Crippen molar-refractivity contribution < 1.29 is 13.2 Å². The van der Waals surface area contributed by atoms with Gasteiger partial charge >= 0.3 is 6.18 Å². The fourth-order valence-electron chi connectivity index (χ4n) is 2.52. The van der Waals surface area contributed by atoms with Crippen LogP contribution < -0.4 is 10.6 Å². The molecule has 2 N–H and O–H groups in total. The van der Waals surface area contributed by atoms with Crippen LogP contribution in [0.2, 0.25) is 0 Å². The number of hydrogen-bond donors (Lipinski definition) is 2. The van der Waals surface area contributed by atoms with E-state index in [9.17, 15) is 13.2 Å². The second-order valence-electron chi connectivity index (χ2n) is 5.65. The van der Waals surface area contributed by atoms with Crippen molar-refractivity contribution in [3.8, 4) is 0 Å². The molecule has 0 radical (unpaired) electrons. The van der Waals surface area contributed by atoms with Crippen molar-refractivity contribution in [1.29, 1.82) is 0 Å². The van der Waals surface area contributed by atoms with Crippen LogP contribution in [0.3, 0.4) is 0 Å². The smallest absolute Gasteiger partial charge is 0.357 e. The van der Waals surface area contributed by atoms with Crippen LogP contribution in [0.1, 0.15) is 36.9 Å². The van der Waals surface area contributed by atoms with Gasteiger partial charge in [0.25, 0.3) is 0 Å². The average Bonchev–Trinajstić information content (AvgIpc) is 3.19. The van der Waals surface area contributed by atoms with Crippen LogP contribution in [0.25, 0.3) is 0 Å². The van der Waals surface area contributed by atoms with Crippen molar-refractivity contribution in [2.45, 2.75) is 38.9 Å². The van der Waals surface area contributed by atoms with E-state index >= 15 is 0 Å². The second kappa shape index (κ2) is 11.2. The molecule has 1 aliphatic heterocycles. The molecule has 25 heavy (non-hydrogen) atoms. The molecule has 10 heteroatoms. The minimum Gasteiger partial charge on any atom is -0.357 e. The maximum Gasteiger partial charge on any atom is 0.434 e. The van der Waals surface area contributed by atoms with E-state index in [1.807, 2.05) is 6.92 Å². The Hall–Kier alpha value is -0.620. The first kappa shape index (κ1) is 22.4. The lowest BCUT2D eigenvalue weighted by molar-refractivity contribution is -0.140. The van der Waals surface area contributed by atoms with Crippen molar-refractivity contribution in [2.24, 2.45) is 4.99 Å². The van der Waals surface area contributed by atoms with Gasteiger partial charge in [0.15, 0.2) is 11.7 Å². The zero-order valence-electron chi connectivity index (χ0n) is 14.2. The van der Waals surface area contributed by atoms with Crippen LogP contribution in [-0.2, 0) is 12.7 Å². The molecule has 0 aromatic carbocycles. The van der Waals surface area contributed by atoms with Crippen LogP contribution in [0, 0.1) is 0 Å². The predicted molar refractivity (Wildman–Crippen MR) is 106 cm³/mol. The molecule has 0 atom stereocenters. The molecule has 1 aromatic rings. The molecule has 0 amide bonds. The summed E-state index contributed by atoms with van der Waals surface area (Å²) in [6, 6.07) is 0. The van der Waals surface area contributed by atoms with Crippen molar-refractivity contribution in [1.82, 2.24) is 20.5 Å². The quantitative estimate of drug-likeness (QED) is 0.266. The third-order valence-corrected chi connectivity index (χ3v) is 4.53. The fraction of sp³-hybridized carbons (Fsp3) is 0.733. The predicted octanol–water partition coefficient (Wildman–Crippen LogP) is 3.32. The number of guanidine groups is 1. The summed E-state index contributed by atoms with van der Waals surface area (Å²) in [5, 5.41) is 7.70. The van der Waals surface area contributed by atoms with E-state index in [0.717, 1.165) is 36.2 Å². The van der Waals surface area contributed by atoms with E-state index in [1.54, 1.807) is 0 Å². The van der Waals surface area contributed by atoms with Crippen molar-refractivity contribution in [3.63, 3.8) is 0 Å². The summed E-state index contributed by atoms with van der Waals surface area (Å²) in [6.45, 7) is 7.00. The Bertz CT molecular complexity index is 529. The monoisotopic (exact) mass is 491 g/mol. The summed E-state index contributed by atoms with van der Waals surface area (Å²) in [7, 11) is 0. The van der Waals surface area contributed by atoms with E-state index in [4.69, 9.17) is 0 Å². The number of nitrogens with one attached hydrogen (secondary N) is 2. The molecule has 0 saturated carbocycles. The normalized spacial score (nSPS) is 15.9. The summed E-state index contributed by atoms with van der Waals surface area (Å²) in [6.07, 6.45) is -0.812. The first-order valence-electron chi connectivity index (χ1n) is 8.25. The van der Waals surface area contributed by atoms with Gasteiger partial charge < -0.3 is 15.5 Å². The summed E-state index contributed by atoms with van der Waals surface area (Å²) in [5.74, 6) is 0.614. The van der Waals surface area contributed by atoms with Gasteiger partial charge in [-0.2, -0.15) is 13.2 Å². The van der Waals surface area contributed by atoms with Crippen LogP contribution in [0.15, 0.2) is 10.4 Å². The van der Waals surface area contributed by atoms with Crippen LogP contribution in [-0.4, -0.2) is 48.6 Å². The number of halogens is 4. The van der Waals surface area contributed by atoms with Crippen molar-refractivity contribution in [3.05, 3.63) is 16.1 Å². The van der Waals surface area contributed by atoms with E-state index in [2.05, 4.69) is 25.5 Å². The number of rotatable bonds is 7. The van der Waals surface area contributed by atoms with Gasteiger partial charge in [-0.3, -0.25) is 0 Å². The van der Waals surface area contributed by atoms with Gasteiger partial charge in [-0.15, -0.1) is 35.3 Å². The van der Waals surface area contributed by atoms with Gasteiger partial charge in [0.1, 0.15) is 5.01 Å². The van der Waals surface area contributed by atoms with Gasteiger partial charge in [-0.05, 0) is 45.8 Å². The minimum absolute atomic E-state index is 0. The number of likely N-dealkylation sites (tertiary alicyclic amines) is 1. The largest absolute Gasteiger partial charge is 0.434 e. The molecule has 1 fully saturated rings. The third-order valence-electron chi connectivity index (χ3n) is 3.70. The Morgan fingerprint density at radius 2 is 2.04 bits per heavy atom. The Labute approximate surface area is 167 Å². The molecule has 0 unspecified atom stereocenters. The van der Waals surface area contributed by atoms with Gasteiger partial charge in [0, 0.05) is 18.5 Å². The first-order chi connectivity index (χ1) is 11.5. The SMILES string of the molecule is CCNC(=NCc1nc(C(F)(F)F)cs1)NCCCN1CCCC1.I. The average molecular weight is 491 g/mol. The summed E-state index contributed by atoms with van der Waals surface area (Å²) < 4.78 is 37.6. The molecule has 1 saturated heterocycles. The zero-order chi connectivity index (χ0) is 17.4. The van der Waals surface area contributed by atoms with E-state index in [0.29, 0.717) is 17.5 Å². The Morgan fingerprint density at radius 3 is 2.64 bits per heavy atom. The Balaban J connectivity index is 0.00000312. The molecule has 0 spiro atoms. The van der Waals surface area contributed by atoms with E-state index < -0.39 is 11.9 Å². The van der Waals surface area contributed by atoms with Crippen molar-refractivity contribution >= 4 is 41.3 Å². The van der Waals surface area contributed by atoms with Crippen LogP contribution in [0.5, 0.6) is 0 Å². The maximum atomic E-state index is 12.5. The standard InChI is InChI=1S/C15H24F3N5S.HI/c1-2-19-14(20-6-5-9-23-7-3-4-8-23)21-10-13-22-12(11-24-13)15(16,17)18;/h11H,2-10H2,1H3,(H2,19,20,21);1H. The number of nitrogens with zero attached hydrogens (tertiary/aromatic N) is 3. The maximum absolute atomic E-state index is 12.5. The number of aliphatic imine (C=N–C) groups is 1. The van der Waals surface area contributed by atoms with Crippen LogP contribution >= 0.6 is 35.3 Å². The molecular weight excluding hydrogens is 466 g/mol. The zero-order valence-corrected chi connectivity index (χ0v) is 17.4. The molecule has 0 aliphatic carbocycles. The molecule has 5 nitrogen and oxygen atoms in total. The number of hydrogen-bond acceptors (Lipinski definition) is 4. The number of aromatic nitrogens is 1. The Morgan fingerprint density at radius 1 is 1.32 bits per heavy atom. The van der Waals surface area contributed by atoms with Crippen molar-refractivity contribution in [2.75, 3.05) is 32.7 Å². The lowest BCUT2D eigenvalue weighted by Gasteiger charge is -2.15. The number of thiazole rings is 1. The highest BCUT2D eigenvalue weighted by molar-refractivity contribution is 14.0. The highest BCUT2D eigenvalue weighted by Gasteiger charge is 2.33. The molecule has 0 bridgehead atoms. The lowest BCUT2D eigenvalue weighted by atomic mass is 10.4. The second-order valence-corrected chi connectivity index (χ2v) is 6.59. The summed E-state index contributed by atoms with van der Waals surface area (Å²) >= 11 is 0.981. The lowest BCUT2D eigenvalue weighted by Crippen LogP contribution is -2.38. The highest BCUT2D eigenvalue weighted by atomic mass is 127. The first-order valence-corrected chi connectivity index (χ1v) is 9.13. The fourth-order valence-corrected chi connectivity index (χ4v) is 3.24. The third kappa shape index (κ3) is 8.07.